The van der Waals surface area contributed by atoms with Crippen molar-refractivity contribution in [2.45, 2.75) is 32.7 Å². The van der Waals surface area contributed by atoms with Crippen molar-refractivity contribution in [3.63, 3.8) is 0 Å². The Labute approximate surface area is 121 Å². The van der Waals surface area contributed by atoms with E-state index in [4.69, 9.17) is 16.6 Å². The zero-order valence-electron chi connectivity index (χ0n) is 12.6. The van der Waals surface area contributed by atoms with E-state index >= 15 is 0 Å². The summed E-state index contributed by atoms with van der Waals surface area (Å²) in [5.74, 6) is 2.27. The van der Waals surface area contributed by atoms with E-state index in [0.29, 0.717) is 17.8 Å². The van der Waals surface area contributed by atoms with Gasteiger partial charge >= 0.3 is 0 Å². The van der Waals surface area contributed by atoms with Crippen molar-refractivity contribution < 1.29 is 0 Å². The summed E-state index contributed by atoms with van der Waals surface area (Å²) in [7, 11) is 4.31. The molecule has 0 amide bonds. The number of nitrogens with zero attached hydrogens (tertiary/aromatic N) is 3. The molecule has 0 aliphatic carbocycles. The summed E-state index contributed by atoms with van der Waals surface area (Å²) >= 11 is 6.13. The summed E-state index contributed by atoms with van der Waals surface area (Å²) in [6.45, 7) is 8.58. The van der Waals surface area contributed by atoms with Crippen LogP contribution in [0.15, 0.2) is 6.07 Å². The Kier molecular flexibility index (Phi) is 4.36. The fourth-order valence-electron chi connectivity index (χ4n) is 3.07. The number of pyridine rings is 1. The van der Waals surface area contributed by atoms with Crippen LogP contribution in [0.3, 0.4) is 0 Å². The standard InChI is InChI=1S/C15H24ClN3/c1-10-6-12(3)17-15(13(10)7-16)19-8-11(2)14(9-19)18(4)5/h6,11,14H,7-9H2,1-5H3. The molecule has 2 heterocycles. The molecule has 1 fully saturated rings. The van der Waals surface area contributed by atoms with Gasteiger partial charge in [-0.3, -0.25) is 0 Å². The molecule has 1 aliphatic rings. The van der Waals surface area contributed by atoms with Gasteiger partial charge in [0.2, 0.25) is 0 Å². The van der Waals surface area contributed by atoms with E-state index in [2.05, 4.69) is 50.7 Å². The number of aryl methyl sites for hydroxylation is 2. The second-order valence-corrected chi connectivity index (χ2v) is 6.20. The molecular formula is C15H24ClN3. The Morgan fingerprint density at radius 2 is 2.05 bits per heavy atom. The Balaban J connectivity index is 2.33. The average molecular weight is 282 g/mol. The molecule has 1 aromatic heterocycles. The van der Waals surface area contributed by atoms with Crippen molar-refractivity contribution in [2.75, 3.05) is 32.1 Å². The van der Waals surface area contributed by atoms with E-state index in [0.717, 1.165) is 24.6 Å². The molecule has 0 saturated carbocycles. The molecule has 4 heteroatoms. The molecule has 0 bridgehead atoms. The lowest BCUT2D eigenvalue weighted by molar-refractivity contribution is 0.266. The minimum Gasteiger partial charge on any atom is -0.354 e. The molecule has 1 aliphatic heterocycles. The largest absolute Gasteiger partial charge is 0.354 e. The second-order valence-electron chi connectivity index (χ2n) is 5.93. The highest BCUT2D eigenvalue weighted by atomic mass is 35.5. The zero-order chi connectivity index (χ0) is 14.2. The third-order valence-corrected chi connectivity index (χ3v) is 4.39. The monoisotopic (exact) mass is 281 g/mol. The van der Waals surface area contributed by atoms with Gasteiger partial charge in [-0.05, 0) is 45.5 Å². The van der Waals surface area contributed by atoms with Crippen LogP contribution >= 0.6 is 11.6 Å². The molecule has 2 unspecified atom stereocenters. The Hall–Kier alpha value is -0.800. The van der Waals surface area contributed by atoms with E-state index in [1.807, 2.05) is 0 Å². The first-order chi connectivity index (χ1) is 8.93. The SMILES string of the molecule is Cc1cc(C)c(CCl)c(N2CC(C)C(N(C)C)C2)n1. The van der Waals surface area contributed by atoms with Crippen molar-refractivity contribution in [2.24, 2.45) is 5.92 Å². The molecule has 0 N–H and O–H groups in total. The van der Waals surface area contributed by atoms with E-state index in [1.165, 1.54) is 11.1 Å². The van der Waals surface area contributed by atoms with Gasteiger partial charge < -0.3 is 9.80 Å². The molecule has 19 heavy (non-hydrogen) atoms. The molecule has 0 radical (unpaired) electrons. The summed E-state index contributed by atoms with van der Waals surface area (Å²) in [6.07, 6.45) is 0. The summed E-state index contributed by atoms with van der Waals surface area (Å²) in [6, 6.07) is 2.70. The van der Waals surface area contributed by atoms with Gasteiger partial charge in [0.1, 0.15) is 5.82 Å². The normalized spacial score (nSPS) is 23.4. The minimum atomic E-state index is 0.534. The van der Waals surface area contributed by atoms with Crippen LogP contribution in [0.5, 0.6) is 0 Å². The van der Waals surface area contributed by atoms with Crippen molar-refractivity contribution >= 4 is 17.4 Å². The average Bonchev–Trinajstić information content (AvgIpc) is 2.70. The number of rotatable bonds is 3. The van der Waals surface area contributed by atoms with Crippen molar-refractivity contribution in [3.8, 4) is 0 Å². The molecule has 1 saturated heterocycles. The van der Waals surface area contributed by atoms with Gasteiger partial charge in [-0.1, -0.05) is 6.92 Å². The lowest BCUT2D eigenvalue weighted by Crippen LogP contribution is -2.34. The smallest absolute Gasteiger partial charge is 0.133 e. The highest BCUT2D eigenvalue weighted by molar-refractivity contribution is 6.17. The van der Waals surface area contributed by atoms with Gasteiger partial charge in [0, 0.05) is 30.4 Å². The Morgan fingerprint density at radius 1 is 1.37 bits per heavy atom. The number of aromatic nitrogens is 1. The van der Waals surface area contributed by atoms with Crippen LogP contribution < -0.4 is 4.90 Å². The second kappa shape index (κ2) is 5.68. The number of halogens is 1. The third-order valence-electron chi connectivity index (χ3n) is 4.12. The summed E-state index contributed by atoms with van der Waals surface area (Å²) < 4.78 is 0. The predicted molar refractivity (Wildman–Crippen MR) is 82.1 cm³/mol. The first-order valence-corrected chi connectivity index (χ1v) is 7.42. The van der Waals surface area contributed by atoms with Gasteiger partial charge in [0.15, 0.2) is 0 Å². The van der Waals surface area contributed by atoms with Crippen molar-refractivity contribution in [1.29, 1.82) is 0 Å². The maximum atomic E-state index is 6.13. The van der Waals surface area contributed by atoms with Gasteiger partial charge in [-0.25, -0.2) is 4.98 Å². The lowest BCUT2D eigenvalue weighted by atomic mass is 10.1. The molecular weight excluding hydrogens is 258 g/mol. The maximum Gasteiger partial charge on any atom is 0.133 e. The van der Waals surface area contributed by atoms with Gasteiger partial charge in [0.05, 0.1) is 5.88 Å². The maximum absolute atomic E-state index is 6.13. The van der Waals surface area contributed by atoms with Crippen LogP contribution in [0.2, 0.25) is 0 Å². The molecule has 2 atom stereocenters. The van der Waals surface area contributed by atoms with Gasteiger partial charge in [-0.15, -0.1) is 11.6 Å². The van der Waals surface area contributed by atoms with Crippen LogP contribution in [-0.4, -0.2) is 43.1 Å². The van der Waals surface area contributed by atoms with Crippen molar-refractivity contribution in [3.05, 3.63) is 22.9 Å². The van der Waals surface area contributed by atoms with Crippen LogP contribution in [0.1, 0.15) is 23.7 Å². The minimum absolute atomic E-state index is 0.534. The fourth-order valence-corrected chi connectivity index (χ4v) is 3.40. The first kappa shape index (κ1) is 14.6. The molecule has 106 valence electrons. The van der Waals surface area contributed by atoms with Gasteiger partial charge in [-0.2, -0.15) is 0 Å². The molecule has 2 rings (SSSR count). The van der Waals surface area contributed by atoms with Crippen LogP contribution in [-0.2, 0) is 5.88 Å². The Morgan fingerprint density at radius 3 is 2.58 bits per heavy atom. The summed E-state index contributed by atoms with van der Waals surface area (Å²) in [4.78, 5) is 9.45. The van der Waals surface area contributed by atoms with Gasteiger partial charge in [0.25, 0.3) is 0 Å². The Bertz CT molecular complexity index is 459. The number of hydrogen-bond acceptors (Lipinski definition) is 3. The van der Waals surface area contributed by atoms with E-state index in [-0.39, 0.29) is 0 Å². The molecule has 1 aromatic rings. The quantitative estimate of drug-likeness (QED) is 0.794. The van der Waals surface area contributed by atoms with Crippen molar-refractivity contribution in [1.82, 2.24) is 9.88 Å². The number of hydrogen-bond donors (Lipinski definition) is 0. The third kappa shape index (κ3) is 2.87. The zero-order valence-corrected chi connectivity index (χ0v) is 13.3. The fraction of sp³-hybridized carbons (Fsp3) is 0.667. The lowest BCUT2D eigenvalue weighted by Gasteiger charge is -2.24. The van der Waals surface area contributed by atoms with Crippen LogP contribution in [0, 0.1) is 19.8 Å². The van der Waals surface area contributed by atoms with E-state index in [9.17, 15) is 0 Å². The number of alkyl halides is 1. The molecule has 0 aromatic carbocycles. The summed E-state index contributed by atoms with van der Waals surface area (Å²) in [5, 5.41) is 0. The summed E-state index contributed by atoms with van der Waals surface area (Å²) in [5.41, 5.74) is 3.50. The number of anilines is 1. The van der Waals surface area contributed by atoms with Crippen LogP contribution in [0.25, 0.3) is 0 Å². The van der Waals surface area contributed by atoms with E-state index in [1.54, 1.807) is 0 Å². The van der Waals surface area contributed by atoms with E-state index < -0.39 is 0 Å². The predicted octanol–water partition coefficient (Wildman–Crippen LogP) is 2.82. The topological polar surface area (TPSA) is 19.4 Å². The molecule has 0 spiro atoms. The highest BCUT2D eigenvalue weighted by Crippen LogP contribution is 2.30. The first-order valence-electron chi connectivity index (χ1n) is 6.88. The number of likely N-dealkylation sites (N-methyl/N-ethyl adjacent to an activating group) is 1. The highest BCUT2D eigenvalue weighted by Gasteiger charge is 2.32. The molecule has 3 nitrogen and oxygen atoms in total. The van der Waals surface area contributed by atoms with Crippen LogP contribution in [0.4, 0.5) is 5.82 Å².